The van der Waals surface area contributed by atoms with Crippen molar-refractivity contribution in [3.63, 3.8) is 0 Å². The Bertz CT molecular complexity index is 748. The summed E-state index contributed by atoms with van der Waals surface area (Å²) in [4.78, 5) is 24.8. The van der Waals surface area contributed by atoms with Gasteiger partial charge in [0.15, 0.2) is 0 Å². The summed E-state index contributed by atoms with van der Waals surface area (Å²) in [5.41, 5.74) is -0.0257. The molecule has 5 nitrogen and oxygen atoms in total. The van der Waals surface area contributed by atoms with Gasteiger partial charge in [0.2, 0.25) is 0 Å². The van der Waals surface area contributed by atoms with Crippen molar-refractivity contribution in [2.24, 2.45) is 24.3 Å². The van der Waals surface area contributed by atoms with Crippen molar-refractivity contribution in [1.82, 2.24) is 13.9 Å². The average molecular weight is 273 g/mol. The van der Waals surface area contributed by atoms with Gasteiger partial charge in [0.05, 0.1) is 12.1 Å². The van der Waals surface area contributed by atoms with E-state index < -0.39 is 0 Å². The normalized spacial score (nSPS) is 41.0. The first kappa shape index (κ1) is 11.2. The highest BCUT2D eigenvalue weighted by Crippen LogP contribution is 2.68. The van der Waals surface area contributed by atoms with Gasteiger partial charge in [-0.25, -0.2) is 23.5 Å². The number of hydrogen-bond donors (Lipinski definition) is 0. The van der Waals surface area contributed by atoms with Gasteiger partial charge in [-0.05, 0) is 37.5 Å². The van der Waals surface area contributed by atoms with Crippen molar-refractivity contribution >= 4 is 0 Å². The molecule has 2 bridgehead atoms. The number of rotatable bonds is 1. The maximum atomic E-state index is 12.5. The molecule has 5 heteroatoms. The lowest BCUT2D eigenvalue weighted by molar-refractivity contribution is 0.000448. The first-order valence-corrected chi connectivity index (χ1v) is 7.74. The Balaban J connectivity index is 1.85. The Morgan fingerprint density at radius 3 is 2.60 bits per heavy atom. The number of allylic oxidation sites excluding steroid dienone is 2. The smallest absolute Gasteiger partial charge is 0.246 e. The van der Waals surface area contributed by atoms with Gasteiger partial charge >= 0.3 is 11.4 Å². The summed E-state index contributed by atoms with van der Waals surface area (Å²) in [5.74, 6) is 1.33. The molecule has 0 amide bonds. The van der Waals surface area contributed by atoms with Crippen LogP contribution in [0.2, 0.25) is 0 Å². The Morgan fingerprint density at radius 2 is 1.85 bits per heavy atom. The summed E-state index contributed by atoms with van der Waals surface area (Å²) in [7, 11) is 1.60. The van der Waals surface area contributed by atoms with Crippen molar-refractivity contribution in [3.8, 4) is 0 Å². The molecule has 20 heavy (non-hydrogen) atoms. The summed E-state index contributed by atoms with van der Waals surface area (Å²) in [6, 6.07) is 0.207. The number of hydrogen-bond acceptors (Lipinski definition) is 2. The molecule has 0 saturated heterocycles. The van der Waals surface area contributed by atoms with Crippen molar-refractivity contribution in [3.05, 3.63) is 33.1 Å². The molecule has 4 atom stereocenters. The van der Waals surface area contributed by atoms with Gasteiger partial charge in [-0.15, -0.1) is 0 Å². The van der Waals surface area contributed by atoms with Gasteiger partial charge in [0, 0.05) is 12.5 Å². The Hall–Kier alpha value is -1.52. The van der Waals surface area contributed by atoms with E-state index >= 15 is 0 Å². The van der Waals surface area contributed by atoms with E-state index in [1.165, 1.54) is 36.7 Å². The van der Waals surface area contributed by atoms with Gasteiger partial charge in [0.1, 0.15) is 0 Å². The summed E-state index contributed by atoms with van der Waals surface area (Å²) in [6.07, 6.45) is 10.7. The molecule has 0 unspecified atom stereocenters. The lowest BCUT2D eigenvalue weighted by Gasteiger charge is -2.52. The van der Waals surface area contributed by atoms with E-state index in [1.807, 2.05) is 0 Å². The van der Waals surface area contributed by atoms with Crippen molar-refractivity contribution in [2.45, 2.75) is 44.2 Å². The highest BCUT2D eigenvalue weighted by Gasteiger charge is 2.63. The minimum absolute atomic E-state index is 0.101. The van der Waals surface area contributed by atoms with E-state index in [0.717, 1.165) is 5.92 Å². The second kappa shape index (κ2) is 3.21. The van der Waals surface area contributed by atoms with E-state index in [0.29, 0.717) is 5.92 Å². The Kier molecular flexibility index (Phi) is 1.79. The first-order valence-electron chi connectivity index (χ1n) is 7.74. The van der Waals surface area contributed by atoms with E-state index in [4.69, 9.17) is 0 Å². The van der Waals surface area contributed by atoms with Gasteiger partial charge in [0.25, 0.3) is 0 Å². The molecule has 0 N–H and O–H groups in total. The molecule has 3 heterocycles. The molecule has 0 spiro atoms. The molecule has 1 aromatic heterocycles. The van der Waals surface area contributed by atoms with Crippen LogP contribution >= 0.6 is 0 Å². The molecule has 5 aliphatic rings. The molecular weight excluding hydrogens is 254 g/mol. The van der Waals surface area contributed by atoms with Crippen LogP contribution in [-0.4, -0.2) is 13.9 Å². The maximum absolute atomic E-state index is 12.5. The molecule has 0 aromatic carbocycles. The fraction of sp³-hybridized carbons (Fsp3) is 0.733. The van der Waals surface area contributed by atoms with Crippen LogP contribution in [-0.2, 0) is 7.05 Å². The third-order valence-corrected chi connectivity index (χ3v) is 6.35. The van der Waals surface area contributed by atoms with Crippen LogP contribution < -0.4 is 11.4 Å². The zero-order valence-electron chi connectivity index (χ0n) is 11.7. The monoisotopic (exact) mass is 273 g/mol. The maximum Gasteiger partial charge on any atom is 0.347 e. The third-order valence-electron chi connectivity index (χ3n) is 6.35. The zero-order valence-corrected chi connectivity index (χ0v) is 11.7. The molecule has 3 aliphatic carbocycles. The fourth-order valence-electron chi connectivity index (χ4n) is 5.50. The summed E-state index contributed by atoms with van der Waals surface area (Å²) < 4.78 is 4.78. The van der Waals surface area contributed by atoms with Gasteiger partial charge in [-0.1, -0.05) is 18.6 Å². The minimum atomic E-state index is -0.148. The molecule has 6 rings (SSSR count). The average Bonchev–Trinajstić information content (AvgIpc) is 3.18. The summed E-state index contributed by atoms with van der Waals surface area (Å²) in [5, 5.41) is 0. The SMILES string of the molecule is Cn1c(=O)n2n(c1=O)[C@@H]1C=C[C@H]2[C@H]2CCC[C@@]21C1CC1. The molecule has 2 saturated carbocycles. The lowest BCUT2D eigenvalue weighted by Crippen LogP contribution is -2.54. The molecule has 2 aliphatic heterocycles. The Morgan fingerprint density at radius 1 is 1.10 bits per heavy atom. The van der Waals surface area contributed by atoms with E-state index in [2.05, 4.69) is 12.2 Å². The van der Waals surface area contributed by atoms with Crippen LogP contribution in [0.1, 0.15) is 44.2 Å². The highest BCUT2D eigenvalue weighted by atomic mass is 16.2. The molecule has 0 radical (unpaired) electrons. The standard InChI is InChI=1S/C15H19N3O2/c1-16-13(19)17-11-6-7-12(18(17)14(16)20)15(9-4-5-9)8-2-3-10(11)15/h6-7,9-12H,2-5,8H2,1H3/t10-,11+,12-,15-/m1/s1. The molecular formula is C15H19N3O2. The minimum Gasteiger partial charge on any atom is -0.246 e. The van der Waals surface area contributed by atoms with Crippen LogP contribution in [0.25, 0.3) is 0 Å². The van der Waals surface area contributed by atoms with Gasteiger partial charge in [-0.3, -0.25) is 0 Å². The van der Waals surface area contributed by atoms with Crippen LogP contribution in [0.5, 0.6) is 0 Å². The lowest BCUT2D eigenvalue weighted by atomic mass is 9.61. The Labute approximate surface area is 116 Å². The fourth-order valence-corrected chi connectivity index (χ4v) is 5.50. The summed E-state index contributed by atoms with van der Waals surface area (Å²) >= 11 is 0. The van der Waals surface area contributed by atoms with Gasteiger partial charge in [-0.2, -0.15) is 0 Å². The van der Waals surface area contributed by atoms with Crippen molar-refractivity contribution in [2.75, 3.05) is 0 Å². The number of aromatic nitrogens is 3. The predicted molar refractivity (Wildman–Crippen MR) is 73.6 cm³/mol. The van der Waals surface area contributed by atoms with E-state index in [9.17, 15) is 9.59 Å². The molecule has 106 valence electrons. The van der Waals surface area contributed by atoms with Crippen LogP contribution in [0, 0.1) is 17.3 Å². The molecule has 1 aromatic rings. The second-order valence-electron chi connectivity index (χ2n) is 7.02. The third kappa shape index (κ3) is 0.980. The first-order chi connectivity index (χ1) is 9.66. The van der Waals surface area contributed by atoms with Crippen LogP contribution in [0.15, 0.2) is 21.7 Å². The van der Waals surface area contributed by atoms with Crippen molar-refractivity contribution in [1.29, 1.82) is 0 Å². The quantitative estimate of drug-likeness (QED) is 0.722. The van der Waals surface area contributed by atoms with E-state index in [-0.39, 0.29) is 28.9 Å². The largest absolute Gasteiger partial charge is 0.347 e. The zero-order chi connectivity index (χ0) is 13.6. The second-order valence-corrected chi connectivity index (χ2v) is 7.02. The van der Waals surface area contributed by atoms with E-state index in [1.54, 1.807) is 16.4 Å². The van der Waals surface area contributed by atoms with Crippen LogP contribution in [0.4, 0.5) is 0 Å². The molecule has 2 fully saturated rings. The predicted octanol–water partition coefficient (Wildman–Crippen LogP) is 1.21. The van der Waals surface area contributed by atoms with Crippen molar-refractivity contribution < 1.29 is 0 Å². The van der Waals surface area contributed by atoms with Gasteiger partial charge < -0.3 is 0 Å². The number of nitrogens with zero attached hydrogens (tertiary/aromatic N) is 3. The summed E-state index contributed by atoms with van der Waals surface area (Å²) in [6.45, 7) is 0. The topological polar surface area (TPSA) is 48.9 Å². The van der Waals surface area contributed by atoms with Crippen LogP contribution in [0.3, 0.4) is 0 Å². The highest BCUT2D eigenvalue weighted by molar-refractivity contribution is 5.23.